The number of nitrogens with zero attached hydrogens (tertiary/aromatic N) is 4. The minimum atomic E-state index is 1.11. The fraction of sp³-hybridized carbons (Fsp3) is 0.107. The molecule has 4 nitrogen and oxygen atoms in total. The van der Waals surface area contributed by atoms with Gasteiger partial charge in [0.2, 0.25) is 0 Å². The number of pyridine rings is 4. The van der Waals surface area contributed by atoms with E-state index in [1.165, 1.54) is 44.5 Å². The third-order valence-corrected chi connectivity index (χ3v) is 11.9. The van der Waals surface area contributed by atoms with Gasteiger partial charge in [0.05, 0.1) is 0 Å². The molecule has 0 bridgehead atoms. The van der Waals surface area contributed by atoms with Crippen LogP contribution in [0.1, 0.15) is 33.4 Å². The van der Waals surface area contributed by atoms with Crippen molar-refractivity contribution in [3.63, 3.8) is 0 Å². The molecule has 0 radical (unpaired) electrons. The Kier molecular flexibility index (Phi) is 10.3. The van der Waals surface area contributed by atoms with E-state index >= 15 is 0 Å². The van der Waals surface area contributed by atoms with Crippen molar-refractivity contribution in [2.45, 2.75) is 41.5 Å². The van der Waals surface area contributed by atoms with Gasteiger partial charge in [-0.1, -0.05) is 48.5 Å². The van der Waals surface area contributed by atoms with Crippen molar-refractivity contribution in [1.29, 1.82) is 0 Å². The smallest absolute Gasteiger partial charge is 0.0349 e. The lowest BCUT2D eigenvalue weighted by Crippen LogP contribution is -1.97. The lowest BCUT2D eigenvalue weighted by molar-refractivity contribution is 1.28. The summed E-state index contributed by atoms with van der Waals surface area (Å²) in [7, 11) is 0. The Morgan fingerprint density at radius 2 is 0.483 bits per heavy atom. The van der Waals surface area contributed by atoms with Crippen LogP contribution in [-0.4, -0.2) is 19.9 Å². The summed E-state index contributed by atoms with van der Waals surface area (Å²) < 4.78 is 0. The van der Waals surface area contributed by atoms with E-state index < -0.39 is 0 Å². The standard InChI is InChI=1S/C56H46N4/c1-35-11-7-9-13-47(35)51-29-50(42-25-45(55-33-59-21-17-39(55)5)28-46(26-42)56-34-60-22-18-40(56)6)52(48-14-10-8-12-36(48)2)30-49(51)41-23-43(53-31-57-19-15-37(53)3)27-44(24-41)54-32-58-20-16-38(54)4/h7-34H,1-6H3. The van der Waals surface area contributed by atoms with Gasteiger partial charge < -0.3 is 0 Å². The molecule has 9 rings (SSSR count). The van der Waals surface area contributed by atoms with Gasteiger partial charge in [0.25, 0.3) is 0 Å². The van der Waals surface area contributed by atoms with Gasteiger partial charge >= 0.3 is 0 Å². The fourth-order valence-corrected chi connectivity index (χ4v) is 8.53. The van der Waals surface area contributed by atoms with E-state index in [1.54, 1.807) is 0 Å². The molecule has 0 saturated carbocycles. The first kappa shape index (κ1) is 38.2. The van der Waals surface area contributed by atoms with E-state index in [4.69, 9.17) is 0 Å². The first-order chi connectivity index (χ1) is 29.2. The zero-order chi connectivity index (χ0) is 41.3. The molecule has 290 valence electrons. The molecule has 0 aliphatic heterocycles. The molecule has 4 heterocycles. The third kappa shape index (κ3) is 7.33. The normalized spacial score (nSPS) is 11.2. The van der Waals surface area contributed by atoms with Crippen LogP contribution in [0.5, 0.6) is 0 Å². The number of hydrogen-bond donors (Lipinski definition) is 0. The van der Waals surface area contributed by atoms with Crippen molar-refractivity contribution in [1.82, 2.24) is 19.9 Å². The molecule has 0 amide bonds. The lowest BCUT2D eigenvalue weighted by Gasteiger charge is -2.22. The van der Waals surface area contributed by atoms with Gasteiger partial charge in [0.15, 0.2) is 0 Å². The molecule has 0 N–H and O–H groups in total. The van der Waals surface area contributed by atoms with Crippen molar-refractivity contribution < 1.29 is 0 Å². The van der Waals surface area contributed by atoms with Crippen LogP contribution in [0, 0.1) is 41.5 Å². The number of rotatable bonds is 8. The molecule has 0 aliphatic rings. The maximum atomic E-state index is 4.58. The predicted octanol–water partition coefficient (Wildman–Crippen LogP) is 14.5. The Morgan fingerprint density at radius 3 is 0.750 bits per heavy atom. The SMILES string of the molecule is Cc1ccncc1-c1cc(-c2cnccc2C)cc(-c2cc(-c3ccccc3C)c(-c3cc(-c4cnccc4C)cc(-c4cnccc4C)c3)cc2-c2ccccc2C)c1. The molecule has 0 spiro atoms. The third-order valence-electron chi connectivity index (χ3n) is 11.9. The highest BCUT2D eigenvalue weighted by molar-refractivity contribution is 5.99. The van der Waals surface area contributed by atoms with Crippen molar-refractivity contribution in [3.05, 3.63) is 204 Å². The van der Waals surface area contributed by atoms with Gasteiger partial charge in [-0.3, -0.25) is 19.9 Å². The van der Waals surface area contributed by atoms with Crippen molar-refractivity contribution in [2.75, 3.05) is 0 Å². The molecule has 5 aromatic carbocycles. The number of aryl methyl sites for hydroxylation is 6. The summed E-state index contributed by atoms with van der Waals surface area (Å²) in [5, 5.41) is 0. The Morgan fingerprint density at radius 1 is 0.233 bits per heavy atom. The topological polar surface area (TPSA) is 51.6 Å². The van der Waals surface area contributed by atoms with Crippen LogP contribution in [0.25, 0.3) is 89.0 Å². The Hall–Kier alpha value is -7.30. The number of benzene rings is 5. The summed E-state index contributed by atoms with van der Waals surface area (Å²) in [5.41, 5.74) is 25.3. The van der Waals surface area contributed by atoms with Crippen LogP contribution in [0.3, 0.4) is 0 Å². The Balaban J connectivity index is 1.40. The number of aromatic nitrogens is 4. The Labute approximate surface area is 353 Å². The Bertz CT molecular complexity index is 2730. The average molecular weight is 775 g/mol. The van der Waals surface area contributed by atoms with E-state index in [-0.39, 0.29) is 0 Å². The van der Waals surface area contributed by atoms with Crippen molar-refractivity contribution in [3.8, 4) is 89.0 Å². The monoisotopic (exact) mass is 774 g/mol. The summed E-state index contributed by atoms with van der Waals surface area (Å²) in [6.07, 6.45) is 15.4. The highest BCUT2D eigenvalue weighted by atomic mass is 14.6. The predicted molar refractivity (Wildman–Crippen MR) is 250 cm³/mol. The van der Waals surface area contributed by atoms with Crippen LogP contribution < -0.4 is 0 Å². The van der Waals surface area contributed by atoms with Crippen molar-refractivity contribution in [2.24, 2.45) is 0 Å². The quantitative estimate of drug-likeness (QED) is 0.154. The molecule has 4 heteroatoms. The molecular formula is C56H46N4. The second-order valence-electron chi connectivity index (χ2n) is 15.9. The molecule has 0 saturated heterocycles. The van der Waals surface area contributed by atoms with E-state index in [2.05, 4.69) is 183 Å². The van der Waals surface area contributed by atoms with Gasteiger partial charge in [0, 0.05) is 71.8 Å². The zero-order valence-electron chi connectivity index (χ0n) is 35.0. The van der Waals surface area contributed by atoms with E-state index in [0.717, 1.165) is 77.9 Å². The molecule has 60 heavy (non-hydrogen) atoms. The van der Waals surface area contributed by atoms with Crippen LogP contribution in [0.2, 0.25) is 0 Å². The second kappa shape index (κ2) is 16.2. The largest absolute Gasteiger partial charge is 0.264 e. The van der Waals surface area contributed by atoms with Crippen LogP contribution in [0.4, 0.5) is 0 Å². The van der Waals surface area contributed by atoms with Crippen LogP contribution in [0.15, 0.2) is 171 Å². The van der Waals surface area contributed by atoms with E-state index in [1.807, 2.05) is 49.6 Å². The molecule has 0 atom stereocenters. The van der Waals surface area contributed by atoms with Gasteiger partial charge in [-0.25, -0.2) is 0 Å². The molecule has 0 aliphatic carbocycles. The van der Waals surface area contributed by atoms with Gasteiger partial charge in [-0.15, -0.1) is 0 Å². The molecule has 0 unspecified atom stereocenters. The first-order valence-corrected chi connectivity index (χ1v) is 20.5. The van der Waals surface area contributed by atoms with Gasteiger partial charge in [-0.05, 0) is 214 Å². The summed E-state index contributed by atoms with van der Waals surface area (Å²) in [4.78, 5) is 18.3. The van der Waals surface area contributed by atoms with E-state index in [9.17, 15) is 0 Å². The van der Waals surface area contributed by atoms with Crippen molar-refractivity contribution >= 4 is 0 Å². The summed E-state index contributed by atoms with van der Waals surface area (Å²) in [6.45, 7) is 13.1. The van der Waals surface area contributed by atoms with E-state index in [0.29, 0.717) is 0 Å². The molecule has 0 fully saturated rings. The minimum absolute atomic E-state index is 1.11. The minimum Gasteiger partial charge on any atom is -0.264 e. The first-order valence-electron chi connectivity index (χ1n) is 20.5. The van der Waals surface area contributed by atoms with Gasteiger partial charge in [-0.2, -0.15) is 0 Å². The number of hydrogen-bond acceptors (Lipinski definition) is 4. The maximum Gasteiger partial charge on any atom is 0.0349 e. The lowest BCUT2D eigenvalue weighted by atomic mass is 9.81. The highest BCUT2D eigenvalue weighted by Crippen LogP contribution is 2.47. The molecule has 4 aromatic heterocycles. The van der Waals surface area contributed by atoms with Crippen LogP contribution in [-0.2, 0) is 0 Å². The van der Waals surface area contributed by atoms with Gasteiger partial charge in [0.1, 0.15) is 0 Å². The zero-order valence-corrected chi connectivity index (χ0v) is 35.0. The summed E-state index contributed by atoms with van der Waals surface area (Å²) in [6, 6.07) is 44.6. The maximum absolute atomic E-state index is 4.58. The van der Waals surface area contributed by atoms with Crippen LogP contribution >= 0.6 is 0 Å². The molecule has 9 aromatic rings. The summed E-state index contributed by atoms with van der Waals surface area (Å²) in [5.74, 6) is 0. The fourth-order valence-electron chi connectivity index (χ4n) is 8.53. The summed E-state index contributed by atoms with van der Waals surface area (Å²) >= 11 is 0. The highest BCUT2D eigenvalue weighted by Gasteiger charge is 2.21. The average Bonchev–Trinajstić information content (AvgIpc) is 3.27. The molecular weight excluding hydrogens is 729 g/mol. The second-order valence-corrected chi connectivity index (χ2v) is 15.9.